The second kappa shape index (κ2) is 5.13. The number of Topliss-reactive ketones (excluding diaryl/α,β-unsaturated/α-hetero) is 1. The zero-order chi connectivity index (χ0) is 14.0. The quantitative estimate of drug-likeness (QED) is 0.627. The number of hydrogen-bond donors (Lipinski definition) is 0. The number of nitrogens with zero attached hydrogens (tertiary/aromatic N) is 1. The van der Waals surface area contributed by atoms with Gasteiger partial charge in [-0.1, -0.05) is 23.5 Å². The average Bonchev–Trinajstić information content (AvgIpc) is 2.74. The maximum atomic E-state index is 12.4. The molecule has 0 saturated heterocycles. The summed E-state index contributed by atoms with van der Waals surface area (Å²) in [6.07, 6.45) is -4.37. The van der Waals surface area contributed by atoms with Gasteiger partial charge in [0.25, 0.3) is 0 Å². The summed E-state index contributed by atoms with van der Waals surface area (Å²) < 4.78 is 38.9. The predicted molar refractivity (Wildman–Crippen MR) is 65.0 cm³/mol. The Morgan fingerprint density at radius 1 is 1.26 bits per heavy atom. The second-order valence-electron chi connectivity index (χ2n) is 4.13. The molecule has 0 atom stereocenters. The molecule has 0 aliphatic heterocycles. The maximum absolute atomic E-state index is 12.4. The molecular weight excluding hydrogens is 275 g/mol. The normalized spacial score (nSPS) is 11.6. The lowest BCUT2D eigenvalue weighted by Crippen LogP contribution is -2.38. The molecule has 0 N–H and O–H groups in total. The number of thiazole rings is 1. The zero-order valence-electron chi connectivity index (χ0n) is 10.1. The van der Waals surface area contributed by atoms with Gasteiger partial charge in [0.1, 0.15) is 0 Å². The largest absolute Gasteiger partial charge is 0.416 e. The molecule has 0 saturated carbocycles. The highest BCUT2D eigenvalue weighted by Crippen LogP contribution is 2.29. The van der Waals surface area contributed by atoms with E-state index in [0.717, 1.165) is 17.8 Å². The monoisotopic (exact) mass is 286 g/mol. The van der Waals surface area contributed by atoms with Gasteiger partial charge < -0.3 is 0 Å². The highest BCUT2D eigenvalue weighted by Gasteiger charge is 2.30. The highest BCUT2D eigenvalue weighted by atomic mass is 32.1. The molecule has 0 aliphatic rings. The first kappa shape index (κ1) is 13.7. The van der Waals surface area contributed by atoms with Crippen molar-refractivity contribution in [2.24, 2.45) is 0 Å². The van der Waals surface area contributed by atoms with E-state index in [1.807, 2.05) is 12.3 Å². The van der Waals surface area contributed by atoms with Crippen molar-refractivity contribution < 1.29 is 22.5 Å². The van der Waals surface area contributed by atoms with Crippen LogP contribution >= 0.6 is 11.3 Å². The first-order valence-electron chi connectivity index (χ1n) is 5.50. The Kier molecular flexibility index (Phi) is 3.71. The van der Waals surface area contributed by atoms with Crippen LogP contribution in [0.3, 0.4) is 0 Å². The standard InChI is InChI=1S/C13H11F3NOS/c1-9-7-19-8-17(9)6-12(18)10-2-4-11(5-3-10)13(14,15)16/h2-5,7-8H,6H2,1H3/q+1. The number of benzene rings is 1. The highest BCUT2D eigenvalue weighted by molar-refractivity contribution is 7.07. The maximum Gasteiger partial charge on any atom is 0.416 e. The van der Waals surface area contributed by atoms with Crippen LogP contribution in [-0.2, 0) is 12.7 Å². The van der Waals surface area contributed by atoms with E-state index in [2.05, 4.69) is 0 Å². The Balaban J connectivity index is 2.14. The Bertz CT molecular complexity index is 587. The van der Waals surface area contributed by atoms with Crippen LogP contribution in [0.25, 0.3) is 0 Å². The first-order chi connectivity index (χ1) is 8.88. The molecule has 2 rings (SSSR count). The summed E-state index contributed by atoms with van der Waals surface area (Å²) in [4.78, 5) is 11.9. The lowest BCUT2D eigenvalue weighted by molar-refractivity contribution is -0.684. The number of carbonyl (C=O) groups excluding carboxylic acids is 1. The van der Waals surface area contributed by atoms with Crippen molar-refractivity contribution in [1.29, 1.82) is 0 Å². The third-order valence-electron chi connectivity index (χ3n) is 2.73. The van der Waals surface area contributed by atoms with Gasteiger partial charge in [-0.05, 0) is 12.1 Å². The molecule has 0 fully saturated rings. The van der Waals surface area contributed by atoms with Crippen molar-refractivity contribution >= 4 is 17.1 Å². The number of halogens is 3. The lowest BCUT2D eigenvalue weighted by Gasteiger charge is -2.06. The Morgan fingerprint density at radius 2 is 1.89 bits per heavy atom. The van der Waals surface area contributed by atoms with Gasteiger partial charge in [-0.3, -0.25) is 4.79 Å². The van der Waals surface area contributed by atoms with Crippen molar-refractivity contribution in [2.45, 2.75) is 19.6 Å². The van der Waals surface area contributed by atoms with Gasteiger partial charge in [0.05, 0.1) is 10.9 Å². The van der Waals surface area contributed by atoms with E-state index in [0.29, 0.717) is 0 Å². The number of carbonyl (C=O) groups is 1. The van der Waals surface area contributed by atoms with Gasteiger partial charge in [-0.2, -0.15) is 17.7 Å². The van der Waals surface area contributed by atoms with Crippen molar-refractivity contribution in [3.63, 3.8) is 0 Å². The van der Waals surface area contributed by atoms with Crippen molar-refractivity contribution in [3.05, 3.63) is 52.0 Å². The molecule has 0 radical (unpaired) electrons. The van der Waals surface area contributed by atoms with E-state index in [1.54, 1.807) is 10.1 Å². The van der Waals surface area contributed by atoms with Crippen LogP contribution in [0.15, 0.2) is 35.2 Å². The SMILES string of the molecule is Cc1csc[n+]1CC(=O)c1ccc(C(F)(F)F)cc1. The van der Waals surface area contributed by atoms with E-state index >= 15 is 0 Å². The lowest BCUT2D eigenvalue weighted by atomic mass is 10.1. The summed E-state index contributed by atoms with van der Waals surface area (Å²) >= 11 is 1.47. The summed E-state index contributed by atoms with van der Waals surface area (Å²) in [6, 6.07) is 4.29. The smallest absolute Gasteiger partial charge is 0.287 e. The van der Waals surface area contributed by atoms with Gasteiger partial charge in [0, 0.05) is 12.5 Å². The van der Waals surface area contributed by atoms with E-state index in [9.17, 15) is 18.0 Å². The first-order valence-corrected chi connectivity index (χ1v) is 6.45. The van der Waals surface area contributed by atoms with E-state index < -0.39 is 11.7 Å². The minimum atomic E-state index is -4.37. The van der Waals surface area contributed by atoms with Crippen molar-refractivity contribution in [2.75, 3.05) is 0 Å². The minimum Gasteiger partial charge on any atom is -0.287 e. The second-order valence-corrected chi connectivity index (χ2v) is 4.85. The summed E-state index contributed by atoms with van der Waals surface area (Å²) in [6.45, 7) is 2.01. The third-order valence-corrected chi connectivity index (χ3v) is 3.58. The summed E-state index contributed by atoms with van der Waals surface area (Å²) in [5.41, 5.74) is 2.29. The minimum absolute atomic E-state index is 0.140. The molecule has 1 aromatic carbocycles. The molecule has 6 heteroatoms. The van der Waals surface area contributed by atoms with Gasteiger partial charge in [-0.15, -0.1) is 0 Å². The molecule has 1 aromatic heterocycles. The molecule has 0 amide bonds. The van der Waals surface area contributed by atoms with E-state index in [4.69, 9.17) is 0 Å². The van der Waals surface area contributed by atoms with Gasteiger partial charge >= 0.3 is 6.18 Å². The van der Waals surface area contributed by atoms with Crippen molar-refractivity contribution in [3.8, 4) is 0 Å². The van der Waals surface area contributed by atoms with E-state index in [-0.39, 0.29) is 17.9 Å². The number of ketones is 1. The van der Waals surface area contributed by atoms with Crippen LogP contribution in [-0.4, -0.2) is 5.78 Å². The molecule has 2 aromatic rings. The van der Waals surface area contributed by atoms with E-state index in [1.165, 1.54) is 23.5 Å². The van der Waals surface area contributed by atoms with Crippen LogP contribution in [0, 0.1) is 6.92 Å². The molecule has 0 bridgehead atoms. The topological polar surface area (TPSA) is 20.9 Å². The van der Waals surface area contributed by atoms with Crippen LogP contribution in [0.1, 0.15) is 21.6 Å². The number of rotatable bonds is 3. The molecule has 0 spiro atoms. The molecule has 0 unspecified atom stereocenters. The fourth-order valence-corrected chi connectivity index (χ4v) is 2.39. The summed E-state index contributed by atoms with van der Waals surface area (Å²) in [5.74, 6) is -0.208. The number of alkyl halides is 3. The average molecular weight is 286 g/mol. The Morgan fingerprint density at radius 3 is 2.37 bits per heavy atom. The number of hydrogen-bond acceptors (Lipinski definition) is 2. The summed E-state index contributed by atoms with van der Waals surface area (Å²) in [5, 5.41) is 1.90. The van der Waals surface area contributed by atoms with Crippen LogP contribution in [0.4, 0.5) is 13.2 Å². The summed E-state index contributed by atoms with van der Waals surface area (Å²) in [7, 11) is 0. The van der Waals surface area contributed by atoms with Crippen LogP contribution in [0.2, 0.25) is 0 Å². The molecule has 2 nitrogen and oxygen atoms in total. The Labute approximate surface area is 112 Å². The van der Waals surface area contributed by atoms with Crippen LogP contribution < -0.4 is 4.57 Å². The van der Waals surface area contributed by atoms with Gasteiger partial charge in [0.15, 0.2) is 5.69 Å². The predicted octanol–water partition coefficient (Wildman–Crippen LogP) is 3.25. The molecular formula is C13H11F3NOS+. The third kappa shape index (κ3) is 3.20. The number of aromatic nitrogens is 1. The fraction of sp³-hybridized carbons (Fsp3) is 0.231. The molecule has 1 heterocycles. The van der Waals surface area contributed by atoms with Gasteiger partial charge in [-0.25, -0.2) is 0 Å². The van der Waals surface area contributed by atoms with Gasteiger partial charge in [0.2, 0.25) is 17.8 Å². The van der Waals surface area contributed by atoms with Crippen molar-refractivity contribution in [1.82, 2.24) is 0 Å². The molecule has 0 aliphatic carbocycles. The molecule has 19 heavy (non-hydrogen) atoms. The zero-order valence-corrected chi connectivity index (χ0v) is 10.9. The Hall–Kier alpha value is -1.69. The number of aryl methyl sites for hydroxylation is 1. The fourth-order valence-electron chi connectivity index (χ4n) is 1.61. The molecule has 100 valence electrons. The van der Waals surface area contributed by atoms with Crippen LogP contribution in [0.5, 0.6) is 0 Å².